The zero-order valence-electron chi connectivity index (χ0n) is 9.04. The van der Waals surface area contributed by atoms with E-state index in [1.165, 1.54) is 4.90 Å². The smallest absolute Gasteiger partial charge is 0.251 e. The number of rotatable bonds is 6. The van der Waals surface area contributed by atoms with Crippen molar-refractivity contribution in [1.82, 2.24) is 4.90 Å². The first kappa shape index (κ1) is 13.9. The molecule has 1 N–H and O–H groups in total. The Hall–Kier alpha value is -1.14. The molecule has 1 aromatic carbocycles. The molecule has 0 aliphatic carbocycles. The normalized spacial score (nSPS) is 11.5. The minimum Gasteiger partial charge on any atom is -0.395 e. The molecule has 0 fully saturated rings. The monoisotopic (exact) mass is 251 g/mol. The van der Waals surface area contributed by atoms with Crippen molar-refractivity contribution in [3.05, 3.63) is 35.4 Å². The molecule has 1 aromatic rings. The van der Waals surface area contributed by atoms with Crippen molar-refractivity contribution in [2.24, 2.45) is 0 Å². The average Bonchev–Trinajstić information content (AvgIpc) is 2.14. The SMILES string of the molecule is OCCN(Cc1cc(F)cc(F)c1)CC(F)F. The molecule has 0 aromatic heterocycles. The maximum Gasteiger partial charge on any atom is 0.251 e. The number of hydrogen-bond donors (Lipinski definition) is 1. The Morgan fingerprint density at radius 3 is 2.18 bits per heavy atom. The molecular weight excluding hydrogens is 238 g/mol. The number of aliphatic hydroxyl groups is 1. The van der Waals surface area contributed by atoms with Gasteiger partial charge >= 0.3 is 0 Å². The Bertz CT molecular complexity index is 339. The molecule has 0 radical (unpaired) electrons. The van der Waals surface area contributed by atoms with Crippen LogP contribution in [0.3, 0.4) is 0 Å². The molecule has 1 rings (SSSR count). The van der Waals surface area contributed by atoms with E-state index in [4.69, 9.17) is 5.11 Å². The lowest BCUT2D eigenvalue weighted by Crippen LogP contribution is -2.31. The van der Waals surface area contributed by atoms with E-state index in [1.807, 2.05) is 0 Å². The first-order valence-electron chi connectivity index (χ1n) is 5.07. The predicted molar refractivity (Wildman–Crippen MR) is 54.7 cm³/mol. The van der Waals surface area contributed by atoms with Gasteiger partial charge in [0.25, 0.3) is 6.43 Å². The molecule has 0 heterocycles. The van der Waals surface area contributed by atoms with Crippen LogP contribution < -0.4 is 0 Å². The van der Waals surface area contributed by atoms with Crippen LogP contribution in [0.1, 0.15) is 5.56 Å². The standard InChI is InChI=1S/C11H13F4NO/c12-9-3-8(4-10(13)5-9)6-16(1-2-17)7-11(14)15/h3-5,11,17H,1-2,6-7H2. The highest BCUT2D eigenvalue weighted by Crippen LogP contribution is 2.11. The first-order valence-corrected chi connectivity index (χ1v) is 5.07. The molecule has 0 spiro atoms. The van der Waals surface area contributed by atoms with Crippen LogP contribution in [0, 0.1) is 11.6 Å². The van der Waals surface area contributed by atoms with Crippen molar-refractivity contribution in [1.29, 1.82) is 0 Å². The molecule has 0 unspecified atom stereocenters. The van der Waals surface area contributed by atoms with Gasteiger partial charge in [-0.05, 0) is 17.7 Å². The summed E-state index contributed by atoms with van der Waals surface area (Å²) in [5.41, 5.74) is 0.261. The Morgan fingerprint density at radius 2 is 1.71 bits per heavy atom. The maximum absolute atomic E-state index is 12.9. The Morgan fingerprint density at radius 1 is 1.12 bits per heavy atom. The molecule has 0 aliphatic heterocycles. The van der Waals surface area contributed by atoms with Crippen LogP contribution in [0.15, 0.2) is 18.2 Å². The van der Waals surface area contributed by atoms with Crippen LogP contribution in [0.2, 0.25) is 0 Å². The lowest BCUT2D eigenvalue weighted by atomic mass is 10.2. The number of benzene rings is 1. The van der Waals surface area contributed by atoms with E-state index < -0.39 is 24.6 Å². The summed E-state index contributed by atoms with van der Waals surface area (Å²) < 4.78 is 50.1. The van der Waals surface area contributed by atoms with E-state index in [0.29, 0.717) is 6.07 Å². The molecule has 96 valence electrons. The van der Waals surface area contributed by atoms with E-state index in [1.54, 1.807) is 0 Å². The molecule has 0 amide bonds. The summed E-state index contributed by atoms with van der Waals surface area (Å²) in [4.78, 5) is 1.24. The molecular formula is C11H13F4NO. The van der Waals surface area contributed by atoms with Gasteiger partial charge in [0.2, 0.25) is 0 Å². The van der Waals surface area contributed by atoms with E-state index in [0.717, 1.165) is 12.1 Å². The third kappa shape index (κ3) is 5.14. The second-order valence-corrected chi connectivity index (χ2v) is 3.63. The van der Waals surface area contributed by atoms with E-state index in [9.17, 15) is 17.6 Å². The average molecular weight is 251 g/mol. The fourth-order valence-electron chi connectivity index (χ4n) is 1.53. The summed E-state index contributed by atoms with van der Waals surface area (Å²) in [5.74, 6) is -1.50. The third-order valence-corrected chi connectivity index (χ3v) is 2.14. The summed E-state index contributed by atoms with van der Waals surface area (Å²) in [6, 6.07) is 2.88. The third-order valence-electron chi connectivity index (χ3n) is 2.14. The maximum atomic E-state index is 12.9. The van der Waals surface area contributed by atoms with Crippen LogP contribution in [0.5, 0.6) is 0 Å². The Balaban J connectivity index is 2.70. The summed E-state index contributed by atoms with van der Waals surface area (Å²) in [6.45, 7) is -0.828. The first-order chi connectivity index (χ1) is 8.01. The van der Waals surface area contributed by atoms with Crippen molar-refractivity contribution in [3.8, 4) is 0 Å². The quantitative estimate of drug-likeness (QED) is 0.782. The molecule has 0 saturated carbocycles. The van der Waals surface area contributed by atoms with Gasteiger partial charge in [0.15, 0.2) is 0 Å². The molecule has 6 heteroatoms. The largest absolute Gasteiger partial charge is 0.395 e. The van der Waals surface area contributed by atoms with Gasteiger partial charge in [-0.2, -0.15) is 0 Å². The zero-order valence-corrected chi connectivity index (χ0v) is 9.04. The Labute approximate surface area is 96.5 Å². The fraction of sp³-hybridized carbons (Fsp3) is 0.455. The summed E-state index contributed by atoms with van der Waals surface area (Å²) >= 11 is 0. The van der Waals surface area contributed by atoms with Gasteiger partial charge in [0, 0.05) is 19.2 Å². The van der Waals surface area contributed by atoms with Gasteiger partial charge in [0.1, 0.15) is 11.6 Å². The molecule has 0 bridgehead atoms. The van der Waals surface area contributed by atoms with Crippen molar-refractivity contribution < 1.29 is 22.7 Å². The van der Waals surface area contributed by atoms with Gasteiger partial charge in [-0.1, -0.05) is 0 Å². The van der Waals surface area contributed by atoms with Crippen molar-refractivity contribution >= 4 is 0 Å². The van der Waals surface area contributed by atoms with Gasteiger partial charge < -0.3 is 5.11 Å². The van der Waals surface area contributed by atoms with E-state index in [-0.39, 0.29) is 25.3 Å². The predicted octanol–water partition coefficient (Wildman–Crippen LogP) is 2.02. The van der Waals surface area contributed by atoms with Crippen molar-refractivity contribution in [3.63, 3.8) is 0 Å². The van der Waals surface area contributed by atoms with Gasteiger partial charge in [-0.25, -0.2) is 17.6 Å². The Kier molecular flexibility index (Phi) is 5.37. The number of aliphatic hydroxyl groups excluding tert-OH is 1. The van der Waals surface area contributed by atoms with Gasteiger partial charge in [0.05, 0.1) is 13.2 Å². The second-order valence-electron chi connectivity index (χ2n) is 3.63. The summed E-state index contributed by atoms with van der Waals surface area (Å²) in [7, 11) is 0. The topological polar surface area (TPSA) is 23.5 Å². The zero-order chi connectivity index (χ0) is 12.8. The van der Waals surface area contributed by atoms with Crippen molar-refractivity contribution in [2.75, 3.05) is 19.7 Å². The van der Waals surface area contributed by atoms with Crippen LogP contribution in [0.4, 0.5) is 17.6 Å². The van der Waals surface area contributed by atoms with Crippen LogP contribution in [-0.4, -0.2) is 36.1 Å². The molecule has 0 saturated heterocycles. The molecule has 17 heavy (non-hydrogen) atoms. The summed E-state index contributed by atoms with van der Waals surface area (Å²) in [6.07, 6.45) is -2.56. The highest BCUT2D eigenvalue weighted by Gasteiger charge is 2.13. The fourth-order valence-corrected chi connectivity index (χ4v) is 1.53. The van der Waals surface area contributed by atoms with E-state index >= 15 is 0 Å². The van der Waals surface area contributed by atoms with Crippen molar-refractivity contribution in [2.45, 2.75) is 13.0 Å². The van der Waals surface area contributed by atoms with E-state index in [2.05, 4.69) is 0 Å². The molecule has 0 atom stereocenters. The number of halogens is 4. The van der Waals surface area contributed by atoms with Crippen LogP contribution >= 0.6 is 0 Å². The summed E-state index contributed by atoms with van der Waals surface area (Å²) in [5, 5.41) is 8.70. The minimum atomic E-state index is -2.56. The second kappa shape index (κ2) is 6.56. The number of hydrogen-bond acceptors (Lipinski definition) is 2. The lowest BCUT2D eigenvalue weighted by Gasteiger charge is -2.20. The highest BCUT2D eigenvalue weighted by molar-refractivity contribution is 5.17. The highest BCUT2D eigenvalue weighted by atomic mass is 19.3. The number of alkyl halides is 2. The minimum absolute atomic E-state index is 0.0282. The van der Waals surface area contributed by atoms with Crippen LogP contribution in [0.25, 0.3) is 0 Å². The van der Waals surface area contributed by atoms with Crippen LogP contribution in [-0.2, 0) is 6.54 Å². The number of nitrogens with zero attached hydrogens (tertiary/aromatic N) is 1. The lowest BCUT2D eigenvalue weighted by molar-refractivity contribution is 0.0746. The van der Waals surface area contributed by atoms with Gasteiger partial charge in [-0.15, -0.1) is 0 Å². The molecule has 0 aliphatic rings. The molecule has 2 nitrogen and oxygen atoms in total. The van der Waals surface area contributed by atoms with Gasteiger partial charge in [-0.3, -0.25) is 4.90 Å².